The molecular weight excluding hydrogens is 302 g/mol. The Balaban J connectivity index is 0.00000361. The summed E-state index contributed by atoms with van der Waals surface area (Å²) in [5, 5.41) is 0. The Bertz CT molecular complexity index is 561. The molecule has 0 saturated carbocycles. The van der Waals surface area contributed by atoms with Crippen molar-refractivity contribution in [2.45, 2.75) is 17.9 Å². The summed E-state index contributed by atoms with van der Waals surface area (Å²) in [6, 6.07) is 5.55. The summed E-state index contributed by atoms with van der Waals surface area (Å²) < 4.78 is 26.5. The van der Waals surface area contributed by atoms with Crippen molar-refractivity contribution in [3.8, 4) is 0 Å². The zero-order valence-electron chi connectivity index (χ0n) is 11.7. The van der Waals surface area contributed by atoms with Gasteiger partial charge in [0.15, 0.2) is 0 Å². The Kier molecular flexibility index (Phi) is 7.15. The number of hydrogen-bond donors (Lipinski definition) is 2. The molecule has 0 heterocycles. The van der Waals surface area contributed by atoms with E-state index in [-0.39, 0.29) is 35.8 Å². The first-order valence-corrected chi connectivity index (χ1v) is 7.30. The molecule has 0 radical (unpaired) electrons. The van der Waals surface area contributed by atoms with Crippen molar-refractivity contribution < 1.29 is 13.2 Å². The Labute approximate surface area is 125 Å². The Morgan fingerprint density at radius 2 is 2.00 bits per heavy atom. The molecule has 20 heavy (non-hydrogen) atoms. The summed E-state index contributed by atoms with van der Waals surface area (Å²) in [7, 11) is -0.435. The number of carbonyl (C=O) groups is 1. The third-order valence-corrected chi connectivity index (χ3v) is 4.09. The zero-order chi connectivity index (χ0) is 14.6. The highest BCUT2D eigenvalue weighted by Gasteiger charge is 2.18. The van der Waals surface area contributed by atoms with Crippen molar-refractivity contribution in [2.75, 3.05) is 20.6 Å². The van der Waals surface area contributed by atoms with Gasteiger partial charge in [-0.2, -0.15) is 0 Å². The second kappa shape index (κ2) is 7.58. The highest BCUT2D eigenvalue weighted by molar-refractivity contribution is 7.89. The van der Waals surface area contributed by atoms with Gasteiger partial charge in [0.1, 0.15) is 0 Å². The SMILES string of the molecule is C[C@@H](CN)NS(=O)(=O)c1cccc(C(=O)N(C)C)c1.Cl. The number of carbonyl (C=O) groups excluding carboxylic acids is 1. The summed E-state index contributed by atoms with van der Waals surface area (Å²) in [5.74, 6) is -0.246. The first kappa shape index (κ1) is 18.9. The van der Waals surface area contributed by atoms with Crippen molar-refractivity contribution in [1.29, 1.82) is 0 Å². The molecule has 0 aliphatic heterocycles. The van der Waals surface area contributed by atoms with E-state index >= 15 is 0 Å². The van der Waals surface area contributed by atoms with Crippen LogP contribution in [0.3, 0.4) is 0 Å². The molecule has 0 aliphatic rings. The lowest BCUT2D eigenvalue weighted by Gasteiger charge is -2.14. The fourth-order valence-corrected chi connectivity index (χ4v) is 2.74. The molecular formula is C12H20ClN3O3S. The van der Waals surface area contributed by atoms with E-state index in [1.807, 2.05) is 0 Å². The van der Waals surface area contributed by atoms with Crippen LogP contribution in [0.2, 0.25) is 0 Å². The highest BCUT2D eigenvalue weighted by Crippen LogP contribution is 2.13. The van der Waals surface area contributed by atoms with Crippen LogP contribution in [-0.2, 0) is 10.0 Å². The van der Waals surface area contributed by atoms with E-state index in [1.165, 1.54) is 17.0 Å². The van der Waals surface area contributed by atoms with Crippen molar-refractivity contribution in [2.24, 2.45) is 5.73 Å². The number of nitrogens with two attached hydrogens (primary N) is 1. The maximum Gasteiger partial charge on any atom is 0.253 e. The first-order chi connectivity index (χ1) is 8.77. The molecule has 114 valence electrons. The monoisotopic (exact) mass is 321 g/mol. The van der Waals surface area contributed by atoms with E-state index in [0.717, 1.165) is 0 Å². The molecule has 0 aromatic heterocycles. The molecule has 1 aromatic carbocycles. The number of nitrogens with zero attached hydrogens (tertiary/aromatic N) is 1. The topological polar surface area (TPSA) is 92.5 Å². The lowest BCUT2D eigenvalue weighted by atomic mass is 10.2. The van der Waals surface area contributed by atoms with E-state index in [4.69, 9.17) is 5.73 Å². The van der Waals surface area contributed by atoms with Gasteiger partial charge in [-0.05, 0) is 25.1 Å². The summed E-state index contributed by atoms with van der Waals surface area (Å²) in [5.41, 5.74) is 5.71. The number of nitrogens with one attached hydrogen (secondary N) is 1. The number of rotatable bonds is 5. The molecule has 1 amide bonds. The van der Waals surface area contributed by atoms with E-state index in [9.17, 15) is 13.2 Å². The number of amides is 1. The van der Waals surface area contributed by atoms with Crippen molar-refractivity contribution >= 4 is 28.3 Å². The zero-order valence-corrected chi connectivity index (χ0v) is 13.3. The third-order valence-electron chi connectivity index (χ3n) is 2.51. The lowest BCUT2D eigenvalue weighted by molar-refractivity contribution is 0.0827. The number of hydrogen-bond acceptors (Lipinski definition) is 4. The van der Waals surface area contributed by atoms with E-state index in [1.54, 1.807) is 33.2 Å². The van der Waals surface area contributed by atoms with Crippen LogP contribution >= 0.6 is 12.4 Å². The largest absolute Gasteiger partial charge is 0.345 e. The van der Waals surface area contributed by atoms with Gasteiger partial charge in [-0.1, -0.05) is 6.07 Å². The van der Waals surface area contributed by atoms with Gasteiger partial charge in [-0.3, -0.25) is 4.79 Å². The Morgan fingerprint density at radius 1 is 1.40 bits per heavy atom. The van der Waals surface area contributed by atoms with Crippen molar-refractivity contribution in [3.05, 3.63) is 29.8 Å². The third kappa shape index (κ3) is 4.75. The molecule has 0 fully saturated rings. The molecule has 1 aromatic rings. The highest BCUT2D eigenvalue weighted by atomic mass is 35.5. The van der Waals surface area contributed by atoms with Gasteiger partial charge < -0.3 is 10.6 Å². The van der Waals surface area contributed by atoms with Gasteiger partial charge in [-0.15, -0.1) is 12.4 Å². The molecule has 0 saturated heterocycles. The average Bonchev–Trinajstić information content (AvgIpc) is 2.37. The molecule has 1 atom stereocenters. The van der Waals surface area contributed by atoms with Crippen LogP contribution in [0, 0.1) is 0 Å². The summed E-state index contributed by atoms with van der Waals surface area (Å²) >= 11 is 0. The van der Waals surface area contributed by atoms with Crippen LogP contribution in [0.5, 0.6) is 0 Å². The molecule has 0 unspecified atom stereocenters. The second-order valence-electron chi connectivity index (χ2n) is 4.49. The molecule has 0 aliphatic carbocycles. The van der Waals surface area contributed by atoms with Crippen LogP contribution in [0.15, 0.2) is 29.2 Å². The standard InChI is InChI=1S/C12H19N3O3S.ClH/c1-9(8-13)14-19(17,18)11-6-4-5-10(7-11)12(16)15(2)3;/h4-7,9,14H,8,13H2,1-3H3;1H/t9-;/m0./s1. The predicted octanol–water partition coefficient (Wildman–Crippen LogP) is 0.436. The molecule has 8 heteroatoms. The minimum atomic E-state index is -3.65. The van der Waals surface area contributed by atoms with Crippen LogP contribution in [0.4, 0.5) is 0 Å². The van der Waals surface area contributed by atoms with Gasteiger partial charge in [0.25, 0.3) is 5.91 Å². The van der Waals surface area contributed by atoms with Crippen LogP contribution in [0.25, 0.3) is 0 Å². The molecule has 1 rings (SSSR count). The maximum atomic E-state index is 12.1. The van der Waals surface area contributed by atoms with Crippen molar-refractivity contribution in [1.82, 2.24) is 9.62 Å². The van der Waals surface area contributed by atoms with E-state index in [0.29, 0.717) is 5.56 Å². The number of halogens is 1. The quantitative estimate of drug-likeness (QED) is 0.823. The average molecular weight is 322 g/mol. The van der Waals surface area contributed by atoms with E-state index < -0.39 is 10.0 Å². The lowest BCUT2D eigenvalue weighted by Crippen LogP contribution is -2.37. The summed E-state index contributed by atoms with van der Waals surface area (Å²) in [6.45, 7) is 1.88. The molecule has 0 spiro atoms. The first-order valence-electron chi connectivity index (χ1n) is 5.82. The predicted molar refractivity (Wildman–Crippen MR) is 80.5 cm³/mol. The fraction of sp³-hybridized carbons (Fsp3) is 0.417. The smallest absolute Gasteiger partial charge is 0.253 e. The van der Waals surface area contributed by atoms with Crippen LogP contribution in [0.1, 0.15) is 17.3 Å². The molecule has 0 bridgehead atoms. The number of benzene rings is 1. The second-order valence-corrected chi connectivity index (χ2v) is 6.20. The maximum absolute atomic E-state index is 12.1. The Morgan fingerprint density at radius 3 is 2.50 bits per heavy atom. The van der Waals surface area contributed by atoms with Gasteiger partial charge in [0.2, 0.25) is 10.0 Å². The minimum Gasteiger partial charge on any atom is -0.345 e. The normalized spacial score (nSPS) is 12.4. The Hall–Kier alpha value is -1.15. The molecule has 3 N–H and O–H groups in total. The van der Waals surface area contributed by atoms with Gasteiger partial charge in [0, 0.05) is 32.2 Å². The summed E-state index contributed by atoms with van der Waals surface area (Å²) in [6.07, 6.45) is 0. The minimum absolute atomic E-state index is 0. The van der Waals surface area contributed by atoms with E-state index in [2.05, 4.69) is 4.72 Å². The van der Waals surface area contributed by atoms with Crippen LogP contribution < -0.4 is 10.5 Å². The summed E-state index contributed by atoms with van der Waals surface area (Å²) in [4.78, 5) is 13.2. The van der Waals surface area contributed by atoms with Gasteiger partial charge >= 0.3 is 0 Å². The van der Waals surface area contributed by atoms with Gasteiger partial charge in [0.05, 0.1) is 4.90 Å². The van der Waals surface area contributed by atoms with Crippen LogP contribution in [-0.4, -0.2) is 45.9 Å². The number of sulfonamides is 1. The molecule has 6 nitrogen and oxygen atoms in total. The van der Waals surface area contributed by atoms with Crippen molar-refractivity contribution in [3.63, 3.8) is 0 Å². The fourth-order valence-electron chi connectivity index (χ4n) is 1.44. The van der Waals surface area contributed by atoms with Gasteiger partial charge in [-0.25, -0.2) is 13.1 Å².